The third-order valence-corrected chi connectivity index (χ3v) is 5.72. The number of nitrogens with one attached hydrogen (secondary N) is 2. The Morgan fingerprint density at radius 3 is 2.60 bits per heavy atom. The summed E-state index contributed by atoms with van der Waals surface area (Å²) in [4.78, 5) is 12.1. The summed E-state index contributed by atoms with van der Waals surface area (Å²) in [6.07, 6.45) is 2.95. The minimum absolute atomic E-state index is 0.0561. The molecule has 2 aliphatic rings. The molecule has 2 N–H and O–H groups in total. The lowest BCUT2D eigenvalue weighted by atomic mass is 9.99. The van der Waals surface area contributed by atoms with Crippen molar-refractivity contribution in [2.45, 2.75) is 71.9 Å². The van der Waals surface area contributed by atoms with E-state index in [1.165, 1.54) is 29.4 Å². The predicted octanol–water partition coefficient (Wildman–Crippen LogP) is 6.33. The first-order chi connectivity index (χ1) is 14.5. The maximum absolute atomic E-state index is 12.1. The Kier molecular flexibility index (Phi) is 5.54. The molecular formula is C25H32N4O. The highest BCUT2D eigenvalue weighted by atomic mass is 16.1. The SMILES string of the molecule is CC.CC1CC(=O)Nc2cccc(-c3ccc4c(c3)c(C3CC3)nn4C(C)C)c2N1. The van der Waals surface area contributed by atoms with Crippen molar-refractivity contribution in [3.63, 3.8) is 0 Å². The molecule has 2 aromatic carbocycles. The molecule has 0 bridgehead atoms. The van der Waals surface area contributed by atoms with Crippen molar-refractivity contribution >= 4 is 28.2 Å². The normalized spacial score (nSPS) is 18.2. The van der Waals surface area contributed by atoms with Crippen molar-refractivity contribution in [1.29, 1.82) is 0 Å². The van der Waals surface area contributed by atoms with Crippen LogP contribution in [0.1, 0.15) is 71.5 Å². The minimum Gasteiger partial charge on any atom is -0.380 e. The summed E-state index contributed by atoms with van der Waals surface area (Å²) in [6.45, 7) is 10.4. The molecule has 0 radical (unpaired) electrons. The highest BCUT2D eigenvalue weighted by Crippen LogP contribution is 2.44. The summed E-state index contributed by atoms with van der Waals surface area (Å²) < 4.78 is 2.15. The van der Waals surface area contributed by atoms with E-state index in [4.69, 9.17) is 5.10 Å². The van der Waals surface area contributed by atoms with Crippen LogP contribution in [0.4, 0.5) is 11.4 Å². The average molecular weight is 405 g/mol. The van der Waals surface area contributed by atoms with Gasteiger partial charge >= 0.3 is 0 Å². The topological polar surface area (TPSA) is 59.0 Å². The molecule has 5 rings (SSSR count). The van der Waals surface area contributed by atoms with E-state index in [0.717, 1.165) is 22.5 Å². The van der Waals surface area contributed by atoms with Gasteiger partial charge in [0.25, 0.3) is 0 Å². The fraction of sp³-hybridized carbons (Fsp3) is 0.440. The van der Waals surface area contributed by atoms with Gasteiger partial charge in [-0.25, -0.2) is 0 Å². The van der Waals surface area contributed by atoms with Crippen LogP contribution in [0.25, 0.3) is 22.0 Å². The zero-order chi connectivity index (χ0) is 21.4. The molecule has 158 valence electrons. The first kappa shape index (κ1) is 20.5. The number of nitrogens with zero attached hydrogens (tertiary/aromatic N) is 2. The number of rotatable bonds is 3. The minimum atomic E-state index is 0.0561. The second kappa shape index (κ2) is 8.13. The van der Waals surface area contributed by atoms with Crippen molar-refractivity contribution < 1.29 is 4.79 Å². The second-order valence-corrected chi connectivity index (χ2v) is 8.46. The molecular weight excluding hydrogens is 372 g/mol. The van der Waals surface area contributed by atoms with Gasteiger partial charge in [0.15, 0.2) is 0 Å². The highest BCUT2D eigenvalue weighted by molar-refractivity contribution is 6.01. The van der Waals surface area contributed by atoms with Crippen molar-refractivity contribution in [3.05, 3.63) is 42.1 Å². The molecule has 1 aliphatic heterocycles. The van der Waals surface area contributed by atoms with Crippen LogP contribution >= 0.6 is 0 Å². The number of para-hydroxylation sites is 1. The van der Waals surface area contributed by atoms with Crippen molar-refractivity contribution in [2.24, 2.45) is 0 Å². The van der Waals surface area contributed by atoms with E-state index in [1.807, 2.05) is 32.9 Å². The average Bonchev–Trinajstić information content (AvgIpc) is 3.51. The van der Waals surface area contributed by atoms with Crippen LogP contribution in [0, 0.1) is 0 Å². The van der Waals surface area contributed by atoms with Gasteiger partial charge in [-0.2, -0.15) is 5.10 Å². The summed E-state index contributed by atoms with van der Waals surface area (Å²) >= 11 is 0. The first-order valence-corrected chi connectivity index (χ1v) is 11.2. The van der Waals surface area contributed by atoms with Gasteiger partial charge in [0.2, 0.25) is 5.91 Å². The number of hydrogen-bond donors (Lipinski definition) is 2. The molecule has 30 heavy (non-hydrogen) atoms. The summed E-state index contributed by atoms with van der Waals surface area (Å²) in [5.41, 5.74) is 6.58. The quantitative estimate of drug-likeness (QED) is 0.536. The molecule has 1 unspecified atom stereocenters. The molecule has 1 atom stereocenters. The van der Waals surface area contributed by atoms with Crippen LogP contribution in [0.5, 0.6) is 0 Å². The van der Waals surface area contributed by atoms with Crippen LogP contribution < -0.4 is 10.6 Å². The largest absolute Gasteiger partial charge is 0.380 e. The second-order valence-electron chi connectivity index (χ2n) is 8.46. The molecule has 1 amide bonds. The Balaban J connectivity index is 0.00000106. The molecule has 0 spiro atoms. The van der Waals surface area contributed by atoms with Gasteiger partial charge in [0.05, 0.1) is 22.6 Å². The predicted molar refractivity (Wildman–Crippen MR) is 125 cm³/mol. The Bertz CT molecular complexity index is 1080. The highest BCUT2D eigenvalue weighted by Gasteiger charge is 2.30. The number of fused-ring (bicyclic) bond motifs is 2. The van der Waals surface area contributed by atoms with E-state index in [9.17, 15) is 4.79 Å². The fourth-order valence-corrected chi connectivity index (χ4v) is 4.21. The van der Waals surface area contributed by atoms with Gasteiger partial charge in [-0.15, -0.1) is 0 Å². The number of carbonyl (C=O) groups is 1. The van der Waals surface area contributed by atoms with Gasteiger partial charge in [-0.3, -0.25) is 9.48 Å². The van der Waals surface area contributed by atoms with Gasteiger partial charge in [-0.1, -0.05) is 32.0 Å². The van der Waals surface area contributed by atoms with Crippen LogP contribution in [0.2, 0.25) is 0 Å². The van der Waals surface area contributed by atoms with Gasteiger partial charge < -0.3 is 10.6 Å². The summed E-state index contributed by atoms with van der Waals surface area (Å²) in [5.74, 6) is 0.656. The van der Waals surface area contributed by atoms with Crippen LogP contribution in [0.15, 0.2) is 36.4 Å². The molecule has 5 heteroatoms. The van der Waals surface area contributed by atoms with Crippen molar-refractivity contribution in [3.8, 4) is 11.1 Å². The van der Waals surface area contributed by atoms with Gasteiger partial charge in [0, 0.05) is 35.4 Å². The Morgan fingerprint density at radius 1 is 1.13 bits per heavy atom. The molecule has 0 saturated heterocycles. The Labute approximate surface area is 178 Å². The first-order valence-electron chi connectivity index (χ1n) is 11.2. The van der Waals surface area contributed by atoms with E-state index in [1.54, 1.807) is 0 Å². The third-order valence-electron chi connectivity index (χ3n) is 5.72. The van der Waals surface area contributed by atoms with Gasteiger partial charge in [-0.05, 0) is 57.4 Å². The standard InChI is InChI=1S/C23H26N4O.C2H6/c1-13(2)27-20-10-9-16(12-18(20)22(26-27)15-7-8-15)17-5-4-6-19-23(17)24-14(3)11-21(28)25-19;1-2/h4-6,9-10,12-15,24H,7-8,11H2,1-3H3,(H,25,28);1-2H3. The molecule has 1 fully saturated rings. The third kappa shape index (κ3) is 3.69. The van der Waals surface area contributed by atoms with Crippen LogP contribution in [-0.2, 0) is 4.79 Å². The number of hydrogen-bond acceptors (Lipinski definition) is 3. The van der Waals surface area contributed by atoms with E-state index >= 15 is 0 Å². The number of amides is 1. The zero-order valence-electron chi connectivity index (χ0n) is 18.6. The summed E-state index contributed by atoms with van der Waals surface area (Å²) in [7, 11) is 0. The maximum Gasteiger partial charge on any atom is 0.226 e. The van der Waals surface area contributed by atoms with E-state index in [-0.39, 0.29) is 11.9 Å². The summed E-state index contributed by atoms with van der Waals surface area (Å²) in [5, 5.41) is 12.8. The zero-order valence-corrected chi connectivity index (χ0v) is 18.6. The Morgan fingerprint density at radius 2 is 1.90 bits per heavy atom. The van der Waals surface area contributed by atoms with E-state index in [0.29, 0.717) is 18.4 Å². The van der Waals surface area contributed by atoms with Crippen molar-refractivity contribution in [2.75, 3.05) is 10.6 Å². The number of aromatic nitrogens is 2. The summed E-state index contributed by atoms with van der Waals surface area (Å²) in [6, 6.07) is 13.2. The molecule has 1 saturated carbocycles. The maximum atomic E-state index is 12.1. The molecule has 1 aromatic heterocycles. The van der Waals surface area contributed by atoms with Gasteiger partial charge in [0.1, 0.15) is 0 Å². The van der Waals surface area contributed by atoms with Crippen LogP contribution in [0.3, 0.4) is 0 Å². The monoisotopic (exact) mass is 404 g/mol. The smallest absolute Gasteiger partial charge is 0.226 e. The lowest BCUT2D eigenvalue weighted by molar-refractivity contribution is -0.116. The molecule has 1 aliphatic carbocycles. The molecule has 5 nitrogen and oxygen atoms in total. The van der Waals surface area contributed by atoms with E-state index in [2.05, 4.69) is 53.4 Å². The fourth-order valence-electron chi connectivity index (χ4n) is 4.21. The lowest BCUT2D eigenvalue weighted by Gasteiger charge is -2.17. The molecule has 3 aromatic rings. The van der Waals surface area contributed by atoms with E-state index < -0.39 is 0 Å². The number of benzene rings is 2. The van der Waals surface area contributed by atoms with Crippen LogP contribution in [-0.4, -0.2) is 21.7 Å². The van der Waals surface area contributed by atoms with Crippen molar-refractivity contribution in [1.82, 2.24) is 9.78 Å². The lowest BCUT2D eigenvalue weighted by Crippen LogP contribution is -2.19. The number of anilines is 2. The molecule has 2 heterocycles. The Hall–Kier alpha value is -2.82. The number of carbonyl (C=O) groups excluding carboxylic acids is 1.